The van der Waals surface area contributed by atoms with E-state index in [0.717, 1.165) is 51.1 Å². The summed E-state index contributed by atoms with van der Waals surface area (Å²) in [6, 6.07) is 2.40. The fraction of sp³-hybridized carbons (Fsp3) is 0.529. The first kappa shape index (κ1) is 101. The zero-order valence-corrected chi connectivity index (χ0v) is 77.6. The molecule has 762 valence electrons. The fourth-order valence-corrected chi connectivity index (χ4v) is 22.3. The number of nitrogens with two attached hydrogens (primary N) is 6. The predicted octanol–water partition coefficient (Wildman–Crippen LogP) is -3.15. The van der Waals surface area contributed by atoms with Gasteiger partial charge in [-0.1, -0.05) is 0 Å². The van der Waals surface area contributed by atoms with Crippen molar-refractivity contribution in [2.24, 2.45) is 0 Å². The third-order valence-corrected chi connectivity index (χ3v) is 29.3. The number of ether oxygens (including phenoxy) is 7. The zero-order valence-electron chi connectivity index (χ0n) is 72.2. The van der Waals surface area contributed by atoms with Gasteiger partial charge in [0.2, 0.25) is 5.95 Å². The summed E-state index contributed by atoms with van der Waals surface area (Å²) in [5, 5.41) is 33.0. The number of imidazole rings is 4. The second-order valence-corrected chi connectivity index (χ2v) is 40.9. The van der Waals surface area contributed by atoms with Crippen LogP contribution in [0, 0.1) is 6.92 Å². The van der Waals surface area contributed by atoms with Gasteiger partial charge < -0.3 is 112 Å². The minimum atomic E-state index is -5.73. The van der Waals surface area contributed by atoms with Gasteiger partial charge in [0.25, 0.3) is 11.1 Å². The number of anilines is 6. The molecule has 0 amide bonds. The van der Waals surface area contributed by atoms with Crippen molar-refractivity contribution in [3.05, 3.63) is 133 Å². The molecule has 6 unspecified atom stereocenters. The number of hydrogen-bond donors (Lipinski definition) is 17. The van der Waals surface area contributed by atoms with Crippen LogP contribution >= 0.6 is 46.9 Å². The van der Waals surface area contributed by atoms with Gasteiger partial charge in [-0.3, -0.25) is 106 Å². The molecule has 0 bridgehead atoms. The molecule has 0 spiro atoms. The second kappa shape index (κ2) is 39.9. The van der Waals surface area contributed by atoms with Gasteiger partial charge in [-0.15, -0.1) is 0 Å². The average molecular weight is 2110 g/mol. The highest BCUT2D eigenvalue weighted by molar-refractivity contribution is 7.48. The van der Waals surface area contributed by atoms with E-state index in [1.807, 2.05) is 0 Å². The molecule has 67 nitrogen and oxygen atoms in total. The summed E-state index contributed by atoms with van der Waals surface area (Å²) in [7, 11) is -33.5. The maximum absolute atomic E-state index is 14.7. The second-order valence-electron chi connectivity index (χ2n) is 32.5. The van der Waals surface area contributed by atoms with Crippen LogP contribution in [0.3, 0.4) is 0 Å². The van der Waals surface area contributed by atoms with Crippen LogP contribution in [-0.2, 0) is 115 Å². The first-order valence-corrected chi connectivity index (χ1v) is 50.9. The van der Waals surface area contributed by atoms with Gasteiger partial charge in [0.1, 0.15) is 170 Å². The number of rotatable bonds is 38. The number of nitrogen functional groups attached to an aromatic ring is 6. The van der Waals surface area contributed by atoms with E-state index < -0.39 is 288 Å². The highest BCUT2D eigenvalue weighted by atomic mass is 31.2. The molecule has 0 aromatic carbocycles. The van der Waals surface area contributed by atoms with Gasteiger partial charge in [-0.05, 0) is 19.1 Å². The van der Waals surface area contributed by atoms with E-state index in [-0.39, 0.29) is 92.1 Å². The molecule has 18 heterocycles. The van der Waals surface area contributed by atoms with Crippen LogP contribution in [0.2, 0.25) is 0 Å². The summed E-state index contributed by atoms with van der Waals surface area (Å²) in [6.07, 6.45) is -27.0. The topological polar surface area (TPSA) is 935 Å². The molecule has 18 rings (SSSR count). The first-order valence-electron chi connectivity index (χ1n) is 41.9. The smallest absolute Gasteiger partial charge is 0.394 e. The predicted molar refractivity (Wildman–Crippen MR) is 462 cm³/mol. The van der Waals surface area contributed by atoms with Gasteiger partial charge in [0.05, 0.1) is 77.7 Å². The number of nitrogens with zero attached hydrogens (tertiary/aromatic N) is 20. The number of phosphoric ester groups is 6. The molecule has 7 fully saturated rings. The molecule has 0 radical (unpaired) electrons. The Labute approximate surface area is 783 Å². The number of fused-ring (bicyclic) bond motifs is 4. The lowest BCUT2D eigenvalue weighted by atomic mass is 10.1. The Morgan fingerprint density at radius 3 is 1.13 bits per heavy atom. The highest BCUT2D eigenvalue weighted by Crippen LogP contribution is 2.58. The van der Waals surface area contributed by atoms with E-state index in [0.29, 0.717) is 4.57 Å². The lowest BCUT2D eigenvalue weighted by molar-refractivity contribution is -0.0656. The van der Waals surface area contributed by atoms with E-state index in [9.17, 15) is 96.0 Å². The van der Waals surface area contributed by atoms with Crippen molar-refractivity contribution < 1.29 is 160 Å². The third-order valence-electron chi connectivity index (χ3n) is 23.2. The maximum atomic E-state index is 14.7. The van der Waals surface area contributed by atoms with Crippen LogP contribution in [0.15, 0.2) is 99.0 Å². The first-order chi connectivity index (χ1) is 66.9. The molecule has 23 N–H and O–H groups in total. The zero-order chi connectivity index (χ0) is 100. The number of phosphoric acid groups is 6. The van der Waals surface area contributed by atoms with Crippen molar-refractivity contribution in [2.75, 3.05) is 80.7 Å². The van der Waals surface area contributed by atoms with Crippen LogP contribution < -0.4 is 62.6 Å². The van der Waals surface area contributed by atoms with E-state index in [2.05, 4.69) is 74.8 Å². The number of aliphatic hydroxyl groups is 3. The summed E-state index contributed by atoms with van der Waals surface area (Å²) in [5.41, 5.74) is 30.6. The lowest BCUT2D eigenvalue weighted by Crippen LogP contribution is -2.38. The number of aromatic nitrogens is 22. The third kappa shape index (κ3) is 22.0. The van der Waals surface area contributed by atoms with Crippen molar-refractivity contribution in [1.29, 1.82) is 0 Å². The van der Waals surface area contributed by atoms with E-state index in [4.69, 9.17) is 122 Å². The number of aliphatic hydroxyl groups excluding tert-OH is 3. The minimum absolute atomic E-state index is 0.0105. The molecule has 11 aromatic rings. The van der Waals surface area contributed by atoms with Crippen LogP contribution in [0.5, 0.6) is 0 Å². The Balaban J connectivity index is 0.560. The highest BCUT2D eigenvalue weighted by Gasteiger charge is 2.55. The molecule has 11 aromatic heterocycles. The Morgan fingerprint density at radius 2 is 0.723 bits per heavy atom. The standard InChI is InChI=1S/C68H86N28O39P6/c1-27-12-92(68(104)89-62(27)100)45-8-30(131-137(107,108)120-17-38-32(10-47(127-38)95-25-83-51-57(73)77-22-80-60(51)95)134-140(113,114)122-19-40-54(53(99)64(129-40)91-5-3-42(70)86-67(91)103)135-141(115,116)117-14-35-28(98)6-43(124-35)93-23-81-49-55(71)75-20-78-58(49)93)36(125-45)15-119-138(109,110)133-33-11-48(96-26-84-52-61(96)87-65(74)88-63(52)101)128-39(33)18-121-139(111,112)132-31-9-46(94-24-82-50-56(72)76-21-79-59(50)94)126-37(31)16-118-136(105,106)130-29-7-44(123-34(29)13-97)90-4-2-41(69)85-66(90)102/h2-5,12,20-26,28-40,43-48,53-54,64,97-99H,6-11,13-19H2,1H3,(H,105,106)(H,107,108)(H,109,110)(H,111,112)(H,113,114)(H,115,116)(H2,69,85,102)(H2,70,86,103)(H2,71,75,78)(H2,72,76,79)(H2,73,77,80)(H,89,100,104)(H3,74,87,88,101)/t28-,29-,30-,31-,32-,33-,34+,35+,36+,37+,38+,39+,40+,43+,44+,45+,46+,47+,48+,53+,54+,64+/m0/s1. The maximum Gasteiger partial charge on any atom is 0.472 e. The Bertz CT molecular complexity index is 7180. The average Bonchev–Trinajstić information content (AvgIpc) is 1.64. The van der Waals surface area contributed by atoms with E-state index in [1.165, 1.54) is 58.2 Å². The summed E-state index contributed by atoms with van der Waals surface area (Å²) >= 11 is 0. The molecule has 7 aliphatic rings. The van der Waals surface area contributed by atoms with Crippen molar-refractivity contribution in [1.82, 2.24) is 107 Å². The largest absolute Gasteiger partial charge is 0.472 e. The summed E-state index contributed by atoms with van der Waals surface area (Å²) in [4.78, 5) is 191. The Kier molecular flexibility index (Phi) is 28.5. The molecular formula is C68H86N28O39P6. The van der Waals surface area contributed by atoms with Gasteiger partial charge in [0, 0.05) is 62.7 Å². The number of aryl methyl sites for hydroxylation is 1. The van der Waals surface area contributed by atoms with E-state index in [1.54, 1.807) is 0 Å². The summed E-state index contributed by atoms with van der Waals surface area (Å²) in [6.45, 7) is -6.05. The Hall–Kier alpha value is -10.5. The summed E-state index contributed by atoms with van der Waals surface area (Å²) < 4.78 is 203. The van der Waals surface area contributed by atoms with Crippen molar-refractivity contribution in [3.63, 3.8) is 0 Å². The molecule has 141 heavy (non-hydrogen) atoms. The van der Waals surface area contributed by atoms with Crippen LogP contribution in [-0.4, -0.2) is 289 Å². The number of aromatic amines is 2. The summed E-state index contributed by atoms with van der Waals surface area (Å²) in [5.74, 6) is -0.968. The number of H-pyrrole nitrogens is 2. The quantitative estimate of drug-likeness (QED) is 0.0170. The molecule has 7 aliphatic heterocycles. The van der Waals surface area contributed by atoms with Crippen molar-refractivity contribution in [3.8, 4) is 0 Å². The minimum Gasteiger partial charge on any atom is -0.394 e. The van der Waals surface area contributed by atoms with Crippen LogP contribution in [0.4, 0.5) is 35.0 Å². The normalized spacial score (nSPS) is 30.2. The van der Waals surface area contributed by atoms with Crippen LogP contribution in [0.1, 0.15) is 87.7 Å². The SMILES string of the molecule is Cc1cn([C@H]2C[C@H](OP(=O)(O)OC[C@H]3O[C@@H](n4cnc5c(N)ncnc54)C[C@@H]3OP(=O)(O)OC[C@H]3O[C@@H](n4ccc(N)nc4=O)[C@H](O)[C@@H]3OP(=O)(O)OC[C@H]3O[C@@H](n4cnc5c(N)ncnc54)C[C@@H]3O)[C@@H](COP(=O)(O)O[C@H]3C[C@H](n4cnc5c(=O)[nH]c(N)nc54)O[C@@H]3COP(=O)(O)O[C@H]3C[C@H](n4cnc5c(N)ncnc54)O[C@@H]3COP(=O)(O)O[C@H]3C[C@H](n4ccc(N)nc4=O)O[C@@H]3CO)O2)c(=O)[nH]c1=O. The van der Waals surface area contributed by atoms with Gasteiger partial charge >= 0.3 is 64.0 Å². The monoisotopic (exact) mass is 2100 g/mol. The molecule has 0 aliphatic carbocycles. The van der Waals surface area contributed by atoms with Crippen molar-refractivity contribution >= 4 is 127 Å². The lowest BCUT2D eigenvalue weighted by Gasteiger charge is -2.26. The molecular weight excluding hydrogens is 2020 g/mol. The number of hydrogen-bond acceptors (Lipinski definition) is 52. The van der Waals surface area contributed by atoms with Crippen molar-refractivity contribution in [2.45, 2.75) is 181 Å². The number of nitrogens with one attached hydrogen (secondary N) is 2. The van der Waals surface area contributed by atoms with Gasteiger partial charge in [-0.2, -0.15) is 15.0 Å². The van der Waals surface area contributed by atoms with E-state index >= 15 is 0 Å². The molecule has 73 heteroatoms. The Morgan fingerprint density at radius 1 is 0.383 bits per heavy atom. The van der Waals surface area contributed by atoms with Gasteiger partial charge in [0.15, 0.2) is 51.8 Å². The molecule has 28 atom stereocenters. The molecule has 7 saturated heterocycles. The molecule has 0 saturated carbocycles. The van der Waals surface area contributed by atoms with Crippen LogP contribution in [0.25, 0.3) is 44.7 Å². The fourth-order valence-electron chi connectivity index (χ4n) is 16.6. The van der Waals surface area contributed by atoms with Gasteiger partial charge in [-0.25, -0.2) is 91.6 Å².